The molecule has 1 aromatic heterocycles. The third kappa shape index (κ3) is 2.81. The second-order valence-electron chi connectivity index (χ2n) is 5.77. The molecule has 21 heavy (non-hydrogen) atoms. The number of H-pyrrole nitrogens is 1. The third-order valence-electron chi connectivity index (χ3n) is 4.15. The van der Waals surface area contributed by atoms with Gasteiger partial charge in [-0.3, -0.25) is 0 Å². The Balaban J connectivity index is 2.03. The minimum atomic E-state index is 0.466. The van der Waals surface area contributed by atoms with Crippen molar-refractivity contribution in [2.45, 2.75) is 39.2 Å². The fraction of sp³-hybridized carbons (Fsp3) is 0.368. The fourth-order valence-electron chi connectivity index (χ4n) is 3.08. The average Bonchev–Trinajstić information content (AvgIpc) is 2.89. The Kier molecular flexibility index (Phi) is 4.26. The normalized spacial score (nSPS) is 13.0. The molecule has 3 aromatic rings. The molecule has 0 aliphatic carbocycles. The van der Waals surface area contributed by atoms with Crippen LogP contribution in [0.4, 0.5) is 0 Å². The van der Waals surface area contributed by atoms with Gasteiger partial charge < -0.3 is 10.3 Å². The van der Waals surface area contributed by atoms with Crippen LogP contribution in [-0.2, 0) is 0 Å². The van der Waals surface area contributed by atoms with Crippen LogP contribution in [0, 0.1) is 0 Å². The largest absolute Gasteiger partial charge is 0.355 e. The van der Waals surface area contributed by atoms with E-state index in [0.29, 0.717) is 6.04 Å². The molecule has 1 heterocycles. The highest BCUT2D eigenvalue weighted by Crippen LogP contribution is 2.29. The summed E-state index contributed by atoms with van der Waals surface area (Å²) in [5.41, 5.74) is 3.85. The van der Waals surface area contributed by atoms with Crippen molar-refractivity contribution in [1.29, 1.82) is 0 Å². The third-order valence-corrected chi connectivity index (χ3v) is 4.15. The number of para-hydroxylation sites is 1. The summed E-state index contributed by atoms with van der Waals surface area (Å²) in [6.45, 7) is 5.56. The summed E-state index contributed by atoms with van der Waals surface area (Å²) in [5, 5.41) is 6.34. The predicted molar refractivity (Wildman–Crippen MR) is 91.7 cm³/mol. The fourth-order valence-corrected chi connectivity index (χ4v) is 3.08. The zero-order valence-corrected chi connectivity index (χ0v) is 12.9. The predicted octanol–water partition coefficient (Wildman–Crippen LogP) is 5.16. The molecule has 0 bridgehead atoms. The minimum Gasteiger partial charge on any atom is -0.355 e. The zero-order valence-electron chi connectivity index (χ0n) is 12.9. The van der Waals surface area contributed by atoms with Gasteiger partial charge in [0.05, 0.1) is 0 Å². The van der Waals surface area contributed by atoms with E-state index in [-0.39, 0.29) is 0 Å². The van der Waals surface area contributed by atoms with E-state index in [1.807, 2.05) is 0 Å². The van der Waals surface area contributed by atoms with Gasteiger partial charge in [0.25, 0.3) is 0 Å². The summed E-state index contributed by atoms with van der Waals surface area (Å²) in [6.07, 6.45) is 3.57. The zero-order chi connectivity index (χ0) is 14.7. The monoisotopic (exact) mass is 280 g/mol. The first-order valence-electron chi connectivity index (χ1n) is 8.07. The lowest BCUT2D eigenvalue weighted by Crippen LogP contribution is -2.21. The molecule has 0 saturated heterocycles. The molecule has 1 unspecified atom stereocenters. The first kappa shape index (κ1) is 14.2. The van der Waals surface area contributed by atoms with Crippen LogP contribution in [0.15, 0.2) is 42.5 Å². The molecule has 2 nitrogen and oxygen atoms in total. The van der Waals surface area contributed by atoms with E-state index in [1.54, 1.807) is 0 Å². The van der Waals surface area contributed by atoms with Gasteiger partial charge in [-0.05, 0) is 43.1 Å². The van der Waals surface area contributed by atoms with Gasteiger partial charge in [-0.2, -0.15) is 0 Å². The van der Waals surface area contributed by atoms with Crippen molar-refractivity contribution in [2.75, 3.05) is 6.54 Å². The Morgan fingerprint density at radius 3 is 2.57 bits per heavy atom. The maximum atomic E-state index is 3.68. The summed E-state index contributed by atoms with van der Waals surface area (Å²) >= 11 is 0. The van der Waals surface area contributed by atoms with E-state index >= 15 is 0 Å². The van der Waals surface area contributed by atoms with Crippen LogP contribution in [0.3, 0.4) is 0 Å². The molecule has 2 N–H and O–H groups in total. The van der Waals surface area contributed by atoms with Gasteiger partial charge in [0.15, 0.2) is 0 Å². The smallest absolute Gasteiger partial charge is 0.0465 e. The Bertz CT molecular complexity index is 727. The van der Waals surface area contributed by atoms with E-state index in [0.717, 1.165) is 6.54 Å². The standard InChI is InChI=1S/C19H24N2/c1-3-7-17(20-12-4-2)14-10-11-19-16(13-14)15-8-5-6-9-18(15)21-19/h5-6,8-11,13,17,20-21H,3-4,7,12H2,1-2H3. The summed E-state index contributed by atoms with van der Waals surface area (Å²) in [7, 11) is 0. The average molecular weight is 280 g/mol. The van der Waals surface area contributed by atoms with Crippen molar-refractivity contribution >= 4 is 21.8 Å². The Morgan fingerprint density at radius 1 is 0.952 bits per heavy atom. The lowest BCUT2D eigenvalue weighted by Gasteiger charge is -2.18. The number of hydrogen-bond donors (Lipinski definition) is 2. The number of benzene rings is 2. The van der Waals surface area contributed by atoms with Crippen molar-refractivity contribution in [1.82, 2.24) is 10.3 Å². The molecule has 0 amide bonds. The number of hydrogen-bond acceptors (Lipinski definition) is 1. The Hall–Kier alpha value is -1.80. The van der Waals surface area contributed by atoms with Crippen LogP contribution >= 0.6 is 0 Å². The summed E-state index contributed by atoms with van der Waals surface area (Å²) in [5.74, 6) is 0. The number of fused-ring (bicyclic) bond motifs is 3. The van der Waals surface area contributed by atoms with Gasteiger partial charge in [0, 0.05) is 27.8 Å². The van der Waals surface area contributed by atoms with Crippen LogP contribution in [0.5, 0.6) is 0 Å². The van der Waals surface area contributed by atoms with E-state index in [4.69, 9.17) is 0 Å². The van der Waals surface area contributed by atoms with Crippen molar-refractivity contribution in [2.24, 2.45) is 0 Å². The highest BCUT2D eigenvalue weighted by Gasteiger charge is 2.11. The van der Waals surface area contributed by atoms with E-state index < -0.39 is 0 Å². The van der Waals surface area contributed by atoms with E-state index in [9.17, 15) is 0 Å². The van der Waals surface area contributed by atoms with Crippen molar-refractivity contribution in [3.63, 3.8) is 0 Å². The number of aromatic nitrogens is 1. The first-order chi connectivity index (χ1) is 10.3. The van der Waals surface area contributed by atoms with Crippen LogP contribution in [-0.4, -0.2) is 11.5 Å². The second kappa shape index (κ2) is 6.31. The molecule has 2 aromatic carbocycles. The number of nitrogens with one attached hydrogen (secondary N) is 2. The molecular weight excluding hydrogens is 256 g/mol. The lowest BCUT2D eigenvalue weighted by atomic mass is 10.00. The second-order valence-corrected chi connectivity index (χ2v) is 5.77. The topological polar surface area (TPSA) is 27.8 Å². The summed E-state index contributed by atoms with van der Waals surface area (Å²) in [6, 6.07) is 15.9. The first-order valence-corrected chi connectivity index (χ1v) is 8.07. The van der Waals surface area contributed by atoms with E-state index in [1.165, 1.54) is 46.6 Å². The minimum absolute atomic E-state index is 0.466. The Morgan fingerprint density at radius 2 is 1.76 bits per heavy atom. The van der Waals surface area contributed by atoms with Crippen molar-refractivity contribution in [3.8, 4) is 0 Å². The molecule has 110 valence electrons. The van der Waals surface area contributed by atoms with Crippen LogP contribution in [0.2, 0.25) is 0 Å². The van der Waals surface area contributed by atoms with Gasteiger partial charge in [-0.1, -0.05) is 44.5 Å². The van der Waals surface area contributed by atoms with Crippen LogP contribution < -0.4 is 5.32 Å². The lowest BCUT2D eigenvalue weighted by molar-refractivity contribution is 0.494. The quantitative estimate of drug-likeness (QED) is 0.641. The van der Waals surface area contributed by atoms with Crippen LogP contribution in [0.25, 0.3) is 21.8 Å². The molecule has 0 saturated carbocycles. The van der Waals surface area contributed by atoms with Crippen molar-refractivity contribution in [3.05, 3.63) is 48.0 Å². The maximum Gasteiger partial charge on any atom is 0.0465 e. The van der Waals surface area contributed by atoms with Crippen molar-refractivity contribution < 1.29 is 0 Å². The molecule has 0 aliphatic rings. The van der Waals surface area contributed by atoms with Gasteiger partial charge in [0.2, 0.25) is 0 Å². The molecule has 0 spiro atoms. The SMILES string of the molecule is CCCNC(CCC)c1ccc2[nH]c3ccccc3c2c1. The molecule has 2 heteroatoms. The summed E-state index contributed by atoms with van der Waals surface area (Å²) in [4.78, 5) is 3.50. The highest BCUT2D eigenvalue weighted by atomic mass is 14.9. The van der Waals surface area contributed by atoms with Crippen LogP contribution in [0.1, 0.15) is 44.7 Å². The van der Waals surface area contributed by atoms with Gasteiger partial charge in [0.1, 0.15) is 0 Å². The molecule has 0 radical (unpaired) electrons. The summed E-state index contributed by atoms with van der Waals surface area (Å²) < 4.78 is 0. The van der Waals surface area contributed by atoms with E-state index in [2.05, 4.69) is 66.6 Å². The van der Waals surface area contributed by atoms with Gasteiger partial charge >= 0.3 is 0 Å². The molecule has 0 aliphatic heterocycles. The number of rotatable bonds is 6. The Labute approximate surface area is 126 Å². The van der Waals surface area contributed by atoms with Gasteiger partial charge in [-0.15, -0.1) is 0 Å². The number of aromatic amines is 1. The molecule has 1 atom stereocenters. The molecule has 3 rings (SSSR count). The molecular formula is C19H24N2. The molecule has 0 fully saturated rings. The van der Waals surface area contributed by atoms with Gasteiger partial charge in [-0.25, -0.2) is 0 Å². The maximum absolute atomic E-state index is 3.68. The highest BCUT2D eigenvalue weighted by molar-refractivity contribution is 6.07.